The van der Waals surface area contributed by atoms with Gasteiger partial charge in [-0.15, -0.1) is 11.8 Å². The number of carbonyl (C=O) groups is 1. The van der Waals surface area contributed by atoms with Gasteiger partial charge >= 0.3 is 6.03 Å². The average Bonchev–Trinajstić information content (AvgIpc) is 3.39. The van der Waals surface area contributed by atoms with Crippen molar-refractivity contribution in [1.29, 1.82) is 0 Å². The zero-order valence-corrected chi connectivity index (χ0v) is 19.9. The fourth-order valence-corrected chi connectivity index (χ4v) is 4.20. The van der Waals surface area contributed by atoms with E-state index in [4.69, 9.17) is 9.51 Å². The van der Waals surface area contributed by atoms with Crippen molar-refractivity contribution in [1.82, 2.24) is 25.4 Å². The highest BCUT2D eigenvalue weighted by atomic mass is 32.2. The highest BCUT2D eigenvalue weighted by Gasteiger charge is 2.21. The lowest BCUT2D eigenvalue weighted by atomic mass is 9.97. The first kappa shape index (κ1) is 22.2. The fourth-order valence-electron chi connectivity index (χ4n) is 2.90. The summed E-state index contributed by atoms with van der Waals surface area (Å²) in [7, 11) is 0. The molecule has 0 aliphatic rings. The fraction of sp³-hybridized carbons (Fsp3) is 0.318. The van der Waals surface area contributed by atoms with Gasteiger partial charge in [-0.05, 0) is 30.5 Å². The van der Waals surface area contributed by atoms with Crippen LogP contribution in [-0.2, 0) is 11.8 Å². The zero-order chi connectivity index (χ0) is 22.7. The second kappa shape index (κ2) is 9.25. The van der Waals surface area contributed by atoms with Crippen molar-refractivity contribution in [3.05, 3.63) is 48.1 Å². The highest BCUT2D eigenvalue weighted by molar-refractivity contribution is 7.98. The summed E-state index contributed by atoms with van der Waals surface area (Å²) in [6.07, 6.45) is 2.53. The van der Waals surface area contributed by atoms with E-state index in [9.17, 15) is 4.79 Å². The molecule has 0 aliphatic heterocycles. The lowest BCUT2D eigenvalue weighted by Crippen LogP contribution is -2.30. The van der Waals surface area contributed by atoms with Crippen molar-refractivity contribution in [3.8, 4) is 11.3 Å². The van der Waals surface area contributed by atoms with Crippen LogP contribution in [0.3, 0.4) is 0 Å². The van der Waals surface area contributed by atoms with Crippen molar-refractivity contribution in [3.63, 3.8) is 0 Å². The predicted molar refractivity (Wildman–Crippen MR) is 128 cm³/mol. The van der Waals surface area contributed by atoms with Crippen LogP contribution in [0.1, 0.15) is 32.5 Å². The van der Waals surface area contributed by atoms with E-state index < -0.39 is 0 Å². The predicted octanol–water partition coefficient (Wildman–Crippen LogP) is 5.12. The van der Waals surface area contributed by atoms with Crippen molar-refractivity contribution in [2.45, 2.75) is 37.5 Å². The first-order valence-corrected chi connectivity index (χ1v) is 12.2. The molecule has 4 rings (SSSR count). The Morgan fingerprint density at radius 2 is 2.00 bits per heavy atom. The van der Waals surface area contributed by atoms with Crippen LogP contribution in [0.15, 0.2) is 45.8 Å². The van der Waals surface area contributed by atoms with Crippen molar-refractivity contribution in [2.75, 3.05) is 18.1 Å². The molecule has 2 N–H and O–H groups in total. The molecule has 3 heterocycles. The number of thiazole rings is 1. The molecule has 166 valence electrons. The van der Waals surface area contributed by atoms with Crippen LogP contribution in [0.4, 0.5) is 9.93 Å². The molecule has 0 aliphatic carbocycles. The van der Waals surface area contributed by atoms with Gasteiger partial charge in [-0.3, -0.25) is 5.32 Å². The lowest BCUT2D eigenvalue weighted by molar-refractivity contribution is 0.252. The Morgan fingerprint density at radius 1 is 1.16 bits per heavy atom. The standard InChI is InChI=1S/C22H24N6O2S2/c1-22(2,3)19-26-17(28-30-19)10-11-23-20(29)27-21-25-16-9-8-15(24-18(16)32-21)13-6-5-7-14(12-13)31-4/h5-9,12H,10-11H2,1-4H3,(H2,23,25,27,29). The molecule has 2 amide bonds. The van der Waals surface area contributed by atoms with E-state index in [1.54, 1.807) is 11.8 Å². The van der Waals surface area contributed by atoms with E-state index in [0.717, 1.165) is 21.6 Å². The molecule has 0 radical (unpaired) electrons. The van der Waals surface area contributed by atoms with Gasteiger partial charge < -0.3 is 9.84 Å². The van der Waals surface area contributed by atoms with Crippen molar-refractivity contribution < 1.29 is 9.32 Å². The number of anilines is 1. The van der Waals surface area contributed by atoms with Crippen LogP contribution >= 0.6 is 23.1 Å². The third-order valence-corrected chi connectivity index (χ3v) is 6.19. The molecule has 10 heteroatoms. The van der Waals surface area contributed by atoms with Crippen LogP contribution in [0.25, 0.3) is 21.6 Å². The molecule has 4 aromatic rings. The van der Waals surface area contributed by atoms with Crippen molar-refractivity contribution >= 4 is 44.6 Å². The molecule has 1 aromatic carbocycles. The molecule has 0 atom stereocenters. The number of hydrogen-bond acceptors (Lipinski definition) is 8. The first-order chi connectivity index (χ1) is 15.3. The van der Waals surface area contributed by atoms with Gasteiger partial charge in [-0.1, -0.05) is 49.4 Å². The van der Waals surface area contributed by atoms with Crippen LogP contribution in [-0.4, -0.2) is 38.9 Å². The summed E-state index contributed by atoms with van der Waals surface area (Å²) in [6.45, 7) is 6.40. The molecule has 0 fully saturated rings. The van der Waals surface area contributed by atoms with Crippen LogP contribution in [0.5, 0.6) is 0 Å². The molecule has 0 bridgehead atoms. The number of rotatable bonds is 6. The average molecular weight is 469 g/mol. The number of aromatic nitrogens is 4. The van der Waals surface area contributed by atoms with Gasteiger partial charge in [0.05, 0.1) is 5.69 Å². The third kappa shape index (κ3) is 5.25. The SMILES string of the molecule is CSc1cccc(-c2ccc3nc(NC(=O)NCCc4noc(C(C)(C)C)n4)sc3n2)c1. The summed E-state index contributed by atoms with van der Waals surface area (Å²) in [4.78, 5) is 27.8. The number of benzene rings is 1. The molecule has 0 unspecified atom stereocenters. The van der Waals surface area contributed by atoms with Gasteiger partial charge in [0, 0.05) is 28.8 Å². The van der Waals surface area contributed by atoms with E-state index >= 15 is 0 Å². The number of hydrogen-bond donors (Lipinski definition) is 2. The van der Waals surface area contributed by atoms with Crippen LogP contribution < -0.4 is 10.6 Å². The Bertz CT molecular complexity index is 1240. The molecular formula is C22H24N6O2S2. The normalized spacial score (nSPS) is 11.6. The number of nitrogens with zero attached hydrogens (tertiary/aromatic N) is 4. The Hall–Kier alpha value is -2.98. The van der Waals surface area contributed by atoms with Gasteiger partial charge in [0.1, 0.15) is 10.3 Å². The maximum atomic E-state index is 12.3. The molecule has 0 spiro atoms. The minimum Gasteiger partial charge on any atom is -0.339 e. The Kier molecular flexibility index (Phi) is 6.43. The minimum absolute atomic E-state index is 0.200. The maximum absolute atomic E-state index is 12.3. The summed E-state index contributed by atoms with van der Waals surface area (Å²) in [5, 5.41) is 10.0. The minimum atomic E-state index is -0.337. The number of fused-ring (bicyclic) bond motifs is 1. The number of thioether (sulfide) groups is 1. The second-order valence-corrected chi connectivity index (χ2v) is 10.0. The molecule has 32 heavy (non-hydrogen) atoms. The van der Waals surface area contributed by atoms with Gasteiger partial charge in [-0.2, -0.15) is 4.98 Å². The Labute approximate surface area is 194 Å². The van der Waals surface area contributed by atoms with Crippen molar-refractivity contribution in [2.24, 2.45) is 0 Å². The van der Waals surface area contributed by atoms with Gasteiger partial charge in [-0.25, -0.2) is 14.8 Å². The maximum Gasteiger partial charge on any atom is 0.321 e. The van der Waals surface area contributed by atoms with E-state index in [1.165, 1.54) is 16.2 Å². The number of amides is 2. The summed E-state index contributed by atoms with van der Waals surface area (Å²) >= 11 is 3.04. The van der Waals surface area contributed by atoms with Gasteiger partial charge in [0.2, 0.25) is 5.89 Å². The summed E-state index contributed by atoms with van der Waals surface area (Å²) in [5.74, 6) is 1.15. The van der Waals surface area contributed by atoms with E-state index in [0.29, 0.717) is 29.8 Å². The highest BCUT2D eigenvalue weighted by Crippen LogP contribution is 2.29. The number of pyridine rings is 1. The first-order valence-electron chi connectivity index (χ1n) is 10.1. The summed E-state index contributed by atoms with van der Waals surface area (Å²) in [5.41, 5.74) is 2.48. The number of urea groups is 1. The Balaban J connectivity index is 1.36. The molecule has 3 aromatic heterocycles. The quantitative estimate of drug-likeness (QED) is 0.378. The molecular weight excluding hydrogens is 444 g/mol. The largest absolute Gasteiger partial charge is 0.339 e. The lowest BCUT2D eigenvalue weighted by Gasteiger charge is -2.10. The second-order valence-electron chi connectivity index (χ2n) is 8.17. The van der Waals surface area contributed by atoms with Crippen LogP contribution in [0, 0.1) is 0 Å². The topological polar surface area (TPSA) is 106 Å². The molecule has 8 nitrogen and oxygen atoms in total. The van der Waals surface area contributed by atoms with E-state index in [-0.39, 0.29) is 11.4 Å². The van der Waals surface area contributed by atoms with E-state index in [1.807, 2.05) is 51.3 Å². The number of nitrogens with one attached hydrogen (secondary N) is 2. The summed E-state index contributed by atoms with van der Waals surface area (Å²) < 4.78 is 5.26. The zero-order valence-electron chi connectivity index (χ0n) is 18.3. The number of carbonyl (C=O) groups excluding carboxylic acids is 1. The smallest absolute Gasteiger partial charge is 0.321 e. The van der Waals surface area contributed by atoms with Gasteiger partial charge in [0.25, 0.3) is 0 Å². The Morgan fingerprint density at radius 3 is 2.75 bits per heavy atom. The monoisotopic (exact) mass is 468 g/mol. The van der Waals surface area contributed by atoms with Crippen LogP contribution in [0.2, 0.25) is 0 Å². The van der Waals surface area contributed by atoms with E-state index in [2.05, 4.69) is 37.9 Å². The van der Waals surface area contributed by atoms with Gasteiger partial charge in [0.15, 0.2) is 11.0 Å². The summed E-state index contributed by atoms with van der Waals surface area (Å²) in [6, 6.07) is 11.8. The molecule has 0 saturated heterocycles. The molecule has 0 saturated carbocycles. The third-order valence-electron chi connectivity index (χ3n) is 4.59.